The lowest BCUT2D eigenvalue weighted by Gasteiger charge is -2.02. The van der Waals surface area contributed by atoms with E-state index in [4.69, 9.17) is 9.47 Å². The van der Waals surface area contributed by atoms with Gasteiger partial charge in [0.2, 0.25) is 0 Å². The number of esters is 1. The van der Waals surface area contributed by atoms with E-state index in [0.29, 0.717) is 18.8 Å². The van der Waals surface area contributed by atoms with Crippen molar-refractivity contribution in [1.82, 2.24) is 5.32 Å². The van der Waals surface area contributed by atoms with Crippen LogP contribution in [0.3, 0.4) is 0 Å². The van der Waals surface area contributed by atoms with Crippen molar-refractivity contribution in [3.8, 4) is 0 Å². The molecule has 0 saturated heterocycles. The monoisotopic (exact) mass is 277 g/mol. The number of rotatable bonds is 7. The Bertz CT molecular complexity index is 465. The largest absolute Gasteiger partial charge is 0.460 e. The first-order chi connectivity index (χ1) is 9.67. The number of hydrogen-bond donors (Lipinski definition) is 1. The standard InChI is InChI=1S/C15H19NO4/c1-3-19-10-11-20-14(17)9-6-12-4-7-13(8-5-12)15(18)16-2/h4-9H,3,10-11H2,1-2H3,(H,16,18)/b9-6+. The van der Waals surface area contributed by atoms with Crippen molar-refractivity contribution >= 4 is 18.0 Å². The first-order valence-corrected chi connectivity index (χ1v) is 6.42. The van der Waals surface area contributed by atoms with Gasteiger partial charge in [0.1, 0.15) is 6.61 Å². The number of carbonyl (C=O) groups excluding carboxylic acids is 2. The minimum atomic E-state index is -0.417. The Labute approximate surface area is 118 Å². The summed E-state index contributed by atoms with van der Waals surface area (Å²) in [6.07, 6.45) is 2.98. The highest BCUT2D eigenvalue weighted by atomic mass is 16.6. The van der Waals surface area contributed by atoms with Crippen LogP contribution in [0.1, 0.15) is 22.8 Å². The topological polar surface area (TPSA) is 64.6 Å². The van der Waals surface area contributed by atoms with Gasteiger partial charge < -0.3 is 14.8 Å². The van der Waals surface area contributed by atoms with Gasteiger partial charge in [-0.1, -0.05) is 12.1 Å². The molecule has 0 fully saturated rings. The normalized spacial score (nSPS) is 10.5. The van der Waals surface area contributed by atoms with E-state index in [1.807, 2.05) is 6.92 Å². The summed E-state index contributed by atoms with van der Waals surface area (Å²) < 4.78 is 9.98. The molecule has 5 heteroatoms. The van der Waals surface area contributed by atoms with Crippen molar-refractivity contribution in [3.63, 3.8) is 0 Å². The van der Waals surface area contributed by atoms with Gasteiger partial charge in [0.15, 0.2) is 0 Å². The first-order valence-electron chi connectivity index (χ1n) is 6.42. The molecule has 0 radical (unpaired) electrons. The minimum absolute atomic E-state index is 0.143. The molecule has 0 aliphatic rings. The molecule has 0 aromatic heterocycles. The van der Waals surface area contributed by atoms with Crippen LogP contribution < -0.4 is 5.32 Å². The first kappa shape index (κ1) is 15.9. The Morgan fingerprint density at radius 3 is 2.50 bits per heavy atom. The molecule has 1 aromatic rings. The zero-order valence-electron chi connectivity index (χ0n) is 11.7. The zero-order valence-corrected chi connectivity index (χ0v) is 11.7. The fraction of sp³-hybridized carbons (Fsp3) is 0.333. The molecule has 20 heavy (non-hydrogen) atoms. The molecular weight excluding hydrogens is 258 g/mol. The molecule has 0 saturated carbocycles. The third kappa shape index (κ3) is 5.67. The molecule has 0 bridgehead atoms. The van der Waals surface area contributed by atoms with Crippen molar-refractivity contribution in [3.05, 3.63) is 41.5 Å². The average molecular weight is 277 g/mol. The second-order valence-electron chi connectivity index (χ2n) is 3.90. The van der Waals surface area contributed by atoms with Crippen molar-refractivity contribution < 1.29 is 19.1 Å². The van der Waals surface area contributed by atoms with Crippen LogP contribution in [0, 0.1) is 0 Å². The lowest BCUT2D eigenvalue weighted by atomic mass is 10.1. The Balaban J connectivity index is 2.45. The number of ether oxygens (including phenoxy) is 2. The molecule has 1 aromatic carbocycles. The number of amides is 1. The molecule has 5 nitrogen and oxygen atoms in total. The molecule has 0 aliphatic carbocycles. The van der Waals surface area contributed by atoms with E-state index in [2.05, 4.69) is 5.32 Å². The molecule has 0 unspecified atom stereocenters. The number of hydrogen-bond acceptors (Lipinski definition) is 4. The molecule has 0 atom stereocenters. The molecule has 1 rings (SSSR count). The minimum Gasteiger partial charge on any atom is -0.460 e. The molecule has 1 N–H and O–H groups in total. The summed E-state index contributed by atoms with van der Waals surface area (Å²) in [6.45, 7) is 3.12. The number of carbonyl (C=O) groups is 2. The van der Waals surface area contributed by atoms with E-state index >= 15 is 0 Å². The lowest BCUT2D eigenvalue weighted by Crippen LogP contribution is -2.17. The van der Waals surface area contributed by atoms with Gasteiger partial charge in [-0.15, -0.1) is 0 Å². The van der Waals surface area contributed by atoms with Gasteiger partial charge in [-0.05, 0) is 30.7 Å². The number of nitrogens with one attached hydrogen (secondary N) is 1. The maximum atomic E-state index is 11.4. The van der Waals surface area contributed by atoms with E-state index in [1.54, 1.807) is 37.4 Å². The summed E-state index contributed by atoms with van der Waals surface area (Å²) in [5.41, 5.74) is 1.39. The average Bonchev–Trinajstić information content (AvgIpc) is 2.49. The molecule has 0 aliphatic heterocycles. The molecule has 1 amide bonds. The van der Waals surface area contributed by atoms with Crippen LogP contribution in [-0.2, 0) is 14.3 Å². The van der Waals surface area contributed by atoms with Gasteiger partial charge in [-0.2, -0.15) is 0 Å². The van der Waals surface area contributed by atoms with E-state index in [9.17, 15) is 9.59 Å². The summed E-state index contributed by atoms with van der Waals surface area (Å²) in [4.78, 5) is 22.7. The van der Waals surface area contributed by atoms with Crippen LogP contribution in [0.4, 0.5) is 0 Å². The second-order valence-corrected chi connectivity index (χ2v) is 3.90. The maximum absolute atomic E-state index is 11.4. The third-order valence-electron chi connectivity index (χ3n) is 2.49. The van der Waals surface area contributed by atoms with Crippen LogP contribution >= 0.6 is 0 Å². The van der Waals surface area contributed by atoms with Crippen LogP contribution in [0.15, 0.2) is 30.3 Å². The van der Waals surface area contributed by atoms with Gasteiger partial charge in [0.25, 0.3) is 5.91 Å². The predicted octanol–water partition coefficient (Wildman–Crippen LogP) is 1.64. The summed E-state index contributed by atoms with van der Waals surface area (Å²) in [7, 11) is 1.58. The Kier molecular flexibility index (Phi) is 7.06. The summed E-state index contributed by atoms with van der Waals surface area (Å²) in [6, 6.07) is 6.90. The van der Waals surface area contributed by atoms with Gasteiger partial charge in [-0.3, -0.25) is 4.79 Å². The van der Waals surface area contributed by atoms with E-state index in [-0.39, 0.29) is 12.5 Å². The van der Waals surface area contributed by atoms with Gasteiger partial charge >= 0.3 is 5.97 Å². The van der Waals surface area contributed by atoms with Crippen molar-refractivity contribution in [2.24, 2.45) is 0 Å². The summed E-state index contributed by atoms with van der Waals surface area (Å²) in [5, 5.41) is 2.54. The third-order valence-corrected chi connectivity index (χ3v) is 2.49. The molecule has 0 heterocycles. The van der Waals surface area contributed by atoms with Gasteiger partial charge in [-0.25, -0.2) is 4.79 Å². The quantitative estimate of drug-likeness (QED) is 0.467. The molecular formula is C15H19NO4. The zero-order chi connectivity index (χ0) is 14.8. The van der Waals surface area contributed by atoms with Crippen molar-refractivity contribution in [2.45, 2.75) is 6.92 Å². The Morgan fingerprint density at radius 1 is 1.20 bits per heavy atom. The van der Waals surface area contributed by atoms with E-state index in [0.717, 1.165) is 5.56 Å². The highest BCUT2D eigenvalue weighted by molar-refractivity contribution is 5.94. The predicted molar refractivity (Wildman–Crippen MR) is 76.3 cm³/mol. The van der Waals surface area contributed by atoms with Crippen LogP contribution in [0.2, 0.25) is 0 Å². The Hall–Kier alpha value is -2.14. The molecule has 108 valence electrons. The summed E-state index contributed by atoms with van der Waals surface area (Å²) >= 11 is 0. The highest BCUT2D eigenvalue weighted by Crippen LogP contribution is 2.06. The fourth-order valence-electron chi connectivity index (χ4n) is 1.45. The Morgan fingerprint density at radius 2 is 1.90 bits per heavy atom. The van der Waals surface area contributed by atoms with Crippen LogP contribution in [0.25, 0.3) is 6.08 Å². The summed E-state index contributed by atoms with van der Waals surface area (Å²) in [5.74, 6) is -0.559. The van der Waals surface area contributed by atoms with Crippen molar-refractivity contribution in [1.29, 1.82) is 0 Å². The van der Waals surface area contributed by atoms with Crippen LogP contribution in [0.5, 0.6) is 0 Å². The van der Waals surface area contributed by atoms with Crippen molar-refractivity contribution in [2.75, 3.05) is 26.9 Å². The SMILES string of the molecule is CCOCCOC(=O)/C=C/c1ccc(C(=O)NC)cc1. The highest BCUT2D eigenvalue weighted by Gasteiger charge is 2.01. The maximum Gasteiger partial charge on any atom is 0.330 e. The van der Waals surface area contributed by atoms with Gasteiger partial charge in [0, 0.05) is 25.3 Å². The van der Waals surface area contributed by atoms with Gasteiger partial charge in [0.05, 0.1) is 6.61 Å². The lowest BCUT2D eigenvalue weighted by molar-refractivity contribution is -0.139. The fourth-order valence-corrected chi connectivity index (χ4v) is 1.45. The van der Waals surface area contributed by atoms with E-state index in [1.165, 1.54) is 6.08 Å². The molecule has 0 spiro atoms. The van der Waals surface area contributed by atoms with E-state index < -0.39 is 5.97 Å². The second kappa shape index (κ2) is 8.87. The number of benzene rings is 1. The van der Waals surface area contributed by atoms with Crippen LogP contribution in [-0.4, -0.2) is 38.7 Å². The smallest absolute Gasteiger partial charge is 0.330 e.